The number of nitrogens with zero attached hydrogens (tertiary/aromatic N) is 2. The number of rotatable bonds is 4. The molecule has 106 valence electrons. The van der Waals surface area contributed by atoms with Crippen molar-refractivity contribution >= 4 is 0 Å². The lowest BCUT2D eigenvalue weighted by molar-refractivity contribution is 0.114. The van der Waals surface area contributed by atoms with E-state index < -0.39 is 0 Å². The van der Waals surface area contributed by atoms with Gasteiger partial charge in [0.15, 0.2) is 11.5 Å². The zero-order valence-corrected chi connectivity index (χ0v) is 11.7. The summed E-state index contributed by atoms with van der Waals surface area (Å²) in [6, 6.07) is 5.69. The normalized spacial score (nSPS) is 19.3. The van der Waals surface area contributed by atoms with Gasteiger partial charge in [-0.3, -0.25) is 4.90 Å². The van der Waals surface area contributed by atoms with Gasteiger partial charge in [-0.2, -0.15) is 0 Å². The summed E-state index contributed by atoms with van der Waals surface area (Å²) >= 11 is 0. The molecule has 0 saturated carbocycles. The van der Waals surface area contributed by atoms with Gasteiger partial charge in [0, 0.05) is 38.8 Å². The first-order valence-electron chi connectivity index (χ1n) is 6.65. The van der Waals surface area contributed by atoms with Gasteiger partial charge < -0.3 is 20.5 Å². The Morgan fingerprint density at radius 3 is 2.53 bits per heavy atom. The fourth-order valence-electron chi connectivity index (χ4n) is 2.54. The number of hydrogen-bond donors (Lipinski definition) is 2. The topological polar surface area (TPSA) is 62.0 Å². The van der Waals surface area contributed by atoms with E-state index >= 15 is 0 Å². The summed E-state index contributed by atoms with van der Waals surface area (Å²) < 4.78 is 5.07. The summed E-state index contributed by atoms with van der Waals surface area (Å²) in [4.78, 5) is 4.69. The van der Waals surface area contributed by atoms with Crippen LogP contribution < -0.4 is 10.5 Å². The van der Waals surface area contributed by atoms with Crippen LogP contribution in [-0.4, -0.2) is 61.8 Å². The molecule has 2 rings (SSSR count). The predicted octanol–water partition coefficient (Wildman–Crippen LogP) is 0.648. The van der Waals surface area contributed by atoms with Gasteiger partial charge in [0.05, 0.1) is 7.11 Å². The van der Waals surface area contributed by atoms with E-state index in [1.165, 1.54) is 0 Å². The summed E-state index contributed by atoms with van der Waals surface area (Å²) in [6.45, 7) is 4.67. The molecule has 1 heterocycles. The molecule has 0 bridgehead atoms. The van der Waals surface area contributed by atoms with Crippen LogP contribution in [-0.2, 0) is 0 Å². The van der Waals surface area contributed by atoms with E-state index in [4.69, 9.17) is 10.5 Å². The first-order chi connectivity index (χ1) is 9.15. The van der Waals surface area contributed by atoms with Crippen molar-refractivity contribution in [3.05, 3.63) is 23.8 Å². The number of likely N-dealkylation sites (N-methyl/N-ethyl adjacent to an activating group) is 1. The monoisotopic (exact) mass is 265 g/mol. The SMILES string of the molecule is COc1ccc(C(CN)N2CCN(C)CC2)cc1O. The summed E-state index contributed by atoms with van der Waals surface area (Å²) in [7, 11) is 3.68. The molecule has 1 aromatic carbocycles. The van der Waals surface area contributed by atoms with Crippen molar-refractivity contribution in [2.24, 2.45) is 5.73 Å². The number of aromatic hydroxyl groups is 1. The van der Waals surface area contributed by atoms with Crippen LogP contribution in [0.2, 0.25) is 0 Å². The van der Waals surface area contributed by atoms with Crippen LogP contribution in [0.5, 0.6) is 11.5 Å². The van der Waals surface area contributed by atoms with E-state index in [-0.39, 0.29) is 11.8 Å². The first-order valence-corrected chi connectivity index (χ1v) is 6.65. The van der Waals surface area contributed by atoms with E-state index in [0.717, 1.165) is 31.7 Å². The Kier molecular flexibility index (Phi) is 4.63. The van der Waals surface area contributed by atoms with E-state index in [1.807, 2.05) is 6.07 Å². The summed E-state index contributed by atoms with van der Waals surface area (Å²) in [5.41, 5.74) is 6.97. The van der Waals surface area contributed by atoms with E-state index in [2.05, 4.69) is 16.8 Å². The number of benzene rings is 1. The highest BCUT2D eigenvalue weighted by molar-refractivity contribution is 5.42. The Morgan fingerprint density at radius 1 is 1.32 bits per heavy atom. The minimum absolute atomic E-state index is 0.158. The fourth-order valence-corrected chi connectivity index (χ4v) is 2.54. The molecule has 1 saturated heterocycles. The largest absolute Gasteiger partial charge is 0.504 e. The van der Waals surface area contributed by atoms with Crippen molar-refractivity contribution in [1.29, 1.82) is 0 Å². The third-order valence-electron chi connectivity index (χ3n) is 3.79. The molecule has 5 heteroatoms. The molecule has 1 aliphatic rings. The number of methoxy groups -OCH3 is 1. The minimum Gasteiger partial charge on any atom is -0.504 e. The molecule has 0 radical (unpaired) electrons. The van der Waals surface area contributed by atoms with Crippen LogP contribution in [0.25, 0.3) is 0 Å². The Morgan fingerprint density at radius 2 is 2.00 bits per heavy atom. The molecule has 0 spiro atoms. The van der Waals surface area contributed by atoms with Crippen LogP contribution >= 0.6 is 0 Å². The van der Waals surface area contributed by atoms with Crippen LogP contribution in [0.3, 0.4) is 0 Å². The van der Waals surface area contributed by atoms with Gasteiger partial charge in [0.2, 0.25) is 0 Å². The molecular weight excluding hydrogens is 242 g/mol. The Hall–Kier alpha value is -1.30. The zero-order valence-electron chi connectivity index (χ0n) is 11.7. The van der Waals surface area contributed by atoms with Crippen molar-refractivity contribution in [3.63, 3.8) is 0 Å². The van der Waals surface area contributed by atoms with Crippen molar-refractivity contribution < 1.29 is 9.84 Å². The molecule has 5 nitrogen and oxygen atoms in total. The number of hydrogen-bond acceptors (Lipinski definition) is 5. The van der Waals surface area contributed by atoms with Crippen molar-refractivity contribution in [3.8, 4) is 11.5 Å². The van der Waals surface area contributed by atoms with Gasteiger partial charge in [0.1, 0.15) is 0 Å². The average molecular weight is 265 g/mol. The summed E-state index contributed by atoms with van der Waals surface area (Å²) in [5.74, 6) is 0.672. The van der Waals surface area contributed by atoms with Gasteiger partial charge in [-0.25, -0.2) is 0 Å². The van der Waals surface area contributed by atoms with Crippen LogP contribution in [0.4, 0.5) is 0 Å². The van der Waals surface area contributed by atoms with Gasteiger partial charge in [-0.15, -0.1) is 0 Å². The number of nitrogens with two attached hydrogens (primary N) is 1. The van der Waals surface area contributed by atoms with E-state index in [1.54, 1.807) is 19.2 Å². The number of ether oxygens (including phenoxy) is 1. The third-order valence-corrected chi connectivity index (χ3v) is 3.79. The second kappa shape index (κ2) is 6.23. The lowest BCUT2D eigenvalue weighted by atomic mass is 10.0. The van der Waals surface area contributed by atoms with E-state index in [9.17, 15) is 5.11 Å². The number of piperazine rings is 1. The standard InChI is InChI=1S/C14H23N3O2/c1-16-5-7-17(8-6-16)12(10-15)11-3-4-14(19-2)13(18)9-11/h3-4,9,12,18H,5-8,10,15H2,1-2H3. The van der Waals surface area contributed by atoms with Crippen LogP contribution in [0.15, 0.2) is 18.2 Å². The molecule has 1 atom stereocenters. The molecule has 1 unspecified atom stereocenters. The van der Waals surface area contributed by atoms with Crippen molar-refractivity contribution in [2.75, 3.05) is 46.9 Å². The maximum atomic E-state index is 9.88. The average Bonchev–Trinajstić information content (AvgIpc) is 2.42. The molecule has 19 heavy (non-hydrogen) atoms. The Balaban J connectivity index is 2.15. The van der Waals surface area contributed by atoms with Gasteiger partial charge >= 0.3 is 0 Å². The first kappa shape index (κ1) is 14.1. The molecule has 0 aromatic heterocycles. The molecular formula is C14H23N3O2. The highest BCUT2D eigenvalue weighted by Crippen LogP contribution is 2.30. The van der Waals surface area contributed by atoms with Crippen molar-refractivity contribution in [1.82, 2.24) is 9.80 Å². The highest BCUT2D eigenvalue weighted by Gasteiger charge is 2.23. The van der Waals surface area contributed by atoms with Crippen molar-refractivity contribution in [2.45, 2.75) is 6.04 Å². The maximum absolute atomic E-state index is 9.88. The number of phenolic OH excluding ortho intramolecular Hbond substituents is 1. The second-order valence-electron chi connectivity index (χ2n) is 5.02. The third kappa shape index (κ3) is 3.18. The molecule has 0 amide bonds. The smallest absolute Gasteiger partial charge is 0.160 e. The van der Waals surface area contributed by atoms with Gasteiger partial charge in [-0.05, 0) is 24.7 Å². The van der Waals surface area contributed by atoms with Gasteiger partial charge in [-0.1, -0.05) is 6.07 Å². The lowest BCUT2D eigenvalue weighted by Gasteiger charge is -2.37. The zero-order chi connectivity index (χ0) is 13.8. The molecule has 1 aromatic rings. The Labute approximate surface area is 114 Å². The number of phenols is 1. The maximum Gasteiger partial charge on any atom is 0.160 e. The molecule has 1 aliphatic heterocycles. The van der Waals surface area contributed by atoms with Gasteiger partial charge in [0.25, 0.3) is 0 Å². The van der Waals surface area contributed by atoms with E-state index in [0.29, 0.717) is 12.3 Å². The predicted molar refractivity (Wildman–Crippen MR) is 75.5 cm³/mol. The molecule has 0 aliphatic carbocycles. The van der Waals surface area contributed by atoms with Crippen LogP contribution in [0, 0.1) is 0 Å². The molecule has 1 fully saturated rings. The fraction of sp³-hybridized carbons (Fsp3) is 0.571. The lowest BCUT2D eigenvalue weighted by Crippen LogP contribution is -2.47. The second-order valence-corrected chi connectivity index (χ2v) is 5.02. The van der Waals surface area contributed by atoms with Crippen LogP contribution in [0.1, 0.15) is 11.6 Å². The quantitative estimate of drug-likeness (QED) is 0.837. The summed E-state index contributed by atoms with van der Waals surface area (Å²) in [5, 5.41) is 9.88. The summed E-state index contributed by atoms with van der Waals surface area (Å²) in [6.07, 6.45) is 0. The Bertz CT molecular complexity index is 417. The minimum atomic E-state index is 0.158. The highest BCUT2D eigenvalue weighted by atomic mass is 16.5. The molecule has 3 N–H and O–H groups in total.